The number of fused-ring (bicyclic) bond motifs is 1. The van der Waals surface area contributed by atoms with Crippen LogP contribution in [0.3, 0.4) is 0 Å². The number of nitrogens with two attached hydrogens (primary N) is 1. The van der Waals surface area contributed by atoms with Gasteiger partial charge in [0, 0.05) is 11.6 Å². The van der Waals surface area contributed by atoms with Crippen LogP contribution in [-0.2, 0) is 6.61 Å². The molecule has 0 aliphatic carbocycles. The van der Waals surface area contributed by atoms with Gasteiger partial charge < -0.3 is 9.15 Å². The van der Waals surface area contributed by atoms with E-state index in [9.17, 15) is 4.79 Å². The van der Waals surface area contributed by atoms with Crippen LogP contribution < -0.4 is 16.0 Å². The number of pyridine rings is 1. The van der Waals surface area contributed by atoms with Crippen LogP contribution in [0.25, 0.3) is 10.9 Å². The molecule has 0 radical (unpaired) electrons. The maximum absolute atomic E-state index is 11.3. The number of aromatic nitrogens is 1. The molecule has 6 heteroatoms. The summed E-state index contributed by atoms with van der Waals surface area (Å²) >= 11 is 0. The van der Waals surface area contributed by atoms with Crippen molar-refractivity contribution in [3.05, 3.63) is 60.2 Å². The normalized spacial score (nSPS) is 10.5. The molecule has 1 aromatic carbocycles. The molecular weight excluding hydrogens is 270 g/mol. The Labute approximate surface area is 120 Å². The lowest BCUT2D eigenvalue weighted by Gasteiger charge is -2.07. The molecule has 6 nitrogen and oxygen atoms in total. The molecule has 0 saturated heterocycles. The van der Waals surface area contributed by atoms with E-state index in [1.807, 2.05) is 35.8 Å². The minimum absolute atomic E-state index is 0.214. The van der Waals surface area contributed by atoms with Crippen LogP contribution in [0.4, 0.5) is 0 Å². The highest BCUT2D eigenvalue weighted by Gasteiger charge is 2.10. The smallest absolute Gasteiger partial charge is 0.268 e. The summed E-state index contributed by atoms with van der Waals surface area (Å²) in [6.07, 6.45) is 3.07. The summed E-state index contributed by atoms with van der Waals surface area (Å²) in [6, 6.07) is 11.0. The minimum atomic E-state index is -0.403. The van der Waals surface area contributed by atoms with Crippen LogP contribution in [0, 0.1) is 0 Å². The van der Waals surface area contributed by atoms with Gasteiger partial charge in [-0.1, -0.05) is 6.07 Å². The van der Waals surface area contributed by atoms with Gasteiger partial charge in [-0.15, -0.1) is 0 Å². The molecule has 0 unspecified atom stereocenters. The molecule has 3 aromatic rings. The van der Waals surface area contributed by atoms with E-state index in [0.29, 0.717) is 17.1 Å². The van der Waals surface area contributed by atoms with E-state index in [2.05, 4.69) is 4.98 Å². The number of hydrazine groups is 1. The molecule has 2 heterocycles. The minimum Gasteiger partial charge on any atom is -0.485 e. The summed E-state index contributed by atoms with van der Waals surface area (Å²) in [6.45, 7) is 0.214. The first-order chi connectivity index (χ1) is 10.3. The number of rotatable bonds is 4. The molecule has 0 aliphatic heterocycles. The third-order valence-corrected chi connectivity index (χ3v) is 3.02. The predicted octanol–water partition coefficient (Wildman–Crippen LogP) is 2.01. The van der Waals surface area contributed by atoms with Crippen molar-refractivity contribution in [2.75, 3.05) is 0 Å². The Bertz CT molecular complexity index is 777. The molecular formula is C15H13N3O3. The molecule has 0 fully saturated rings. The summed E-state index contributed by atoms with van der Waals surface area (Å²) in [5, 5.41) is 0.923. The maximum Gasteiger partial charge on any atom is 0.268 e. The van der Waals surface area contributed by atoms with Crippen molar-refractivity contribution in [3.8, 4) is 5.75 Å². The maximum atomic E-state index is 11.3. The van der Waals surface area contributed by atoms with E-state index < -0.39 is 5.91 Å². The zero-order valence-corrected chi connectivity index (χ0v) is 11.1. The number of carbonyl (C=O) groups is 1. The molecule has 1 amide bonds. The van der Waals surface area contributed by atoms with E-state index in [0.717, 1.165) is 10.9 Å². The standard InChI is InChI=1S/C15H13N3O3/c16-18-15(19)10-7-11(20-8-10)9-21-14-5-1-4-13-12(14)3-2-6-17-13/h1-8H,9,16H2,(H,18,19). The lowest BCUT2D eigenvalue weighted by Crippen LogP contribution is -2.29. The van der Waals surface area contributed by atoms with Crippen molar-refractivity contribution in [1.29, 1.82) is 0 Å². The predicted molar refractivity (Wildman–Crippen MR) is 76.4 cm³/mol. The number of carbonyl (C=O) groups excluding carboxylic acids is 1. The second-order valence-electron chi connectivity index (χ2n) is 4.39. The molecule has 0 bridgehead atoms. The zero-order valence-electron chi connectivity index (χ0n) is 11.1. The summed E-state index contributed by atoms with van der Waals surface area (Å²) in [5.41, 5.74) is 3.26. The highest BCUT2D eigenvalue weighted by Crippen LogP contribution is 2.24. The van der Waals surface area contributed by atoms with E-state index in [1.165, 1.54) is 6.26 Å². The van der Waals surface area contributed by atoms with Gasteiger partial charge in [-0.25, -0.2) is 5.84 Å². The molecule has 106 valence electrons. The van der Waals surface area contributed by atoms with E-state index in [-0.39, 0.29) is 6.61 Å². The second-order valence-corrected chi connectivity index (χ2v) is 4.39. The lowest BCUT2D eigenvalue weighted by molar-refractivity contribution is 0.0953. The molecule has 3 N–H and O–H groups in total. The van der Waals surface area contributed by atoms with Gasteiger partial charge in [0.15, 0.2) is 0 Å². The Balaban J connectivity index is 1.77. The van der Waals surface area contributed by atoms with Crippen LogP contribution in [0.2, 0.25) is 0 Å². The monoisotopic (exact) mass is 283 g/mol. The number of hydrogen-bond donors (Lipinski definition) is 2. The van der Waals surface area contributed by atoms with Crippen molar-refractivity contribution in [2.24, 2.45) is 5.84 Å². The zero-order chi connectivity index (χ0) is 14.7. The topological polar surface area (TPSA) is 90.4 Å². The lowest BCUT2D eigenvalue weighted by atomic mass is 10.2. The molecule has 0 atom stereocenters. The van der Waals surface area contributed by atoms with Crippen LogP contribution in [0.15, 0.2) is 53.3 Å². The van der Waals surface area contributed by atoms with Gasteiger partial charge in [-0.2, -0.15) is 0 Å². The number of benzene rings is 1. The first kappa shape index (κ1) is 13.1. The van der Waals surface area contributed by atoms with Crippen molar-refractivity contribution in [3.63, 3.8) is 0 Å². The molecule has 0 saturated carbocycles. The largest absolute Gasteiger partial charge is 0.485 e. The van der Waals surface area contributed by atoms with Gasteiger partial charge in [-0.3, -0.25) is 15.2 Å². The number of furan rings is 1. The number of amides is 1. The number of nitrogens with one attached hydrogen (secondary N) is 1. The van der Waals surface area contributed by atoms with Crippen LogP contribution in [0.5, 0.6) is 5.75 Å². The van der Waals surface area contributed by atoms with Crippen LogP contribution >= 0.6 is 0 Å². The Morgan fingerprint density at radius 1 is 1.33 bits per heavy atom. The molecule has 2 aromatic heterocycles. The Kier molecular flexibility index (Phi) is 3.53. The average molecular weight is 283 g/mol. The highest BCUT2D eigenvalue weighted by molar-refractivity contribution is 5.93. The summed E-state index contributed by atoms with van der Waals surface area (Å²) in [5.74, 6) is 5.90. The van der Waals surface area contributed by atoms with Gasteiger partial charge in [0.2, 0.25) is 0 Å². The fourth-order valence-electron chi connectivity index (χ4n) is 2.01. The van der Waals surface area contributed by atoms with Crippen LogP contribution in [0.1, 0.15) is 16.1 Å². The van der Waals surface area contributed by atoms with Gasteiger partial charge in [0.1, 0.15) is 24.4 Å². The van der Waals surface area contributed by atoms with Crippen molar-refractivity contribution >= 4 is 16.8 Å². The molecule has 3 rings (SSSR count). The fourth-order valence-corrected chi connectivity index (χ4v) is 2.01. The average Bonchev–Trinajstić information content (AvgIpc) is 3.01. The second kappa shape index (κ2) is 5.64. The third-order valence-electron chi connectivity index (χ3n) is 3.02. The van der Waals surface area contributed by atoms with E-state index >= 15 is 0 Å². The van der Waals surface area contributed by atoms with Crippen molar-refractivity contribution in [1.82, 2.24) is 10.4 Å². The van der Waals surface area contributed by atoms with Gasteiger partial charge >= 0.3 is 0 Å². The Hall–Kier alpha value is -2.86. The van der Waals surface area contributed by atoms with Gasteiger partial charge in [0.25, 0.3) is 5.91 Å². The number of hydrogen-bond acceptors (Lipinski definition) is 5. The first-order valence-electron chi connectivity index (χ1n) is 6.33. The van der Waals surface area contributed by atoms with E-state index in [1.54, 1.807) is 12.3 Å². The summed E-state index contributed by atoms with van der Waals surface area (Å²) in [7, 11) is 0. The quantitative estimate of drug-likeness (QED) is 0.434. The molecule has 0 aliphatic rings. The first-order valence-corrected chi connectivity index (χ1v) is 6.33. The third kappa shape index (κ3) is 2.70. The Morgan fingerprint density at radius 2 is 2.24 bits per heavy atom. The van der Waals surface area contributed by atoms with Gasteiger partial charge in [-0.05, 0) is 30.3 Å². The van der Waals surface area contributed by atoms with Crippen LogP contribution in [-0.4, -0.2) is 10.9 Å². The Morgan fingerprint density at radius 3 is 3.10 bits per heavy atom. The van der Waals surface area contributed by atoms with Gasteiger partial charge in [0.05, 0.1) is 11.1 Å². The summed E-state index contributed by atoms with van der Waals surface area (Å²) in [4.78, 5) is 15.6. The fraction of sp³-hybridized carbons (Fsp3) is 0.0667. The highest BCUT2D eigenvalue weighted by atomic mass is 16.5. The van der Waals surface area contributed by atoms with Crippen molar-refractivity contribution < 1.29 is 13.9 Å². The number of nitrogen functional groups attached to an aromatic ring is 1. The number of nitrogens with zero attached hydrogens (tertiary/aromatic N) is 1. The summed E-state index contributed by atoms with van der Waals surface area (Å²) < 4.78 is 11.0. The van der Waals surface area contributed by atoms with Crippen molar-refractivity contribution in [2.45, 2.75) is 6.61 Å². The number of ether oxygens (including phenoxy) is 1. The van der Waals surface area contributed by atoms with E-state index in [4.69, 9.17) is 15.0 Å². The molecule has 21 heavy (non-hydrogen) atoms. The molecule has 0 spiro atoms. The SMILES string of the molecule is NNC(=O)c1coc(COc2cccc3ncccc23)c1.